The SMILES string of the molecule is CNc1cc(Oc2ccc(Cl)cc2C)nc(C(F)(F)F)n1. The fourth-order valence-electron chi connectivity index (χ4n) is 1.57. The van der Waals surface area contributed by atoms with Crippen LogP contribution in [0.2, 0.25) is 5.02 Å². The van der Waals surface area contributed by atoms with E-state index in [1.54, 1.807) is 25.1 Å². The van der Waals surface area contributed by atoms with Gasteiger partial charge in [0.05, 0.1) is 0 Å². The molecule has 4 nitrogen and oxygen atoms in total. The molecule has 0 bridgehead atoms. The number of aryl methyl sites for hydroxylation is 1. The van der Waals surface area contributed by atoms with Gasteiger partial charge in [-0.25, -0.2) is 4.98 Å². The van der Waals surface area contributed by atoms with Gasteiger partial charge in [-0.2, -0.15) is 18.2 Å². The molecule has 1 aromatic carbocycles. The molecule has 0 radical (unpaired) electrons. The first-order valence-electron chi connectivity index (χ1n) is 5.87. The molecule has 2 aromatic rings. The van der Waals surface area contributed by atoms with E-state index in [-0.39, 0.29) is 11.7 Å². The fourth-order valence-corrected chi connectivity index (χ4v) is 1.80. The minimum atomic E-state index is -4.65. The molecule has 0 aliphatic rings. The highest BCUT2D eigenvalue weighted by atomic mass is 35.5. The van der Waals surface area contributed by atoms with Crippen molar-refractivity contribution in [1.29, 1.82) is 0 Å². The van der Waals surface area contributed by atoms with E-state index >= 15 is 0 Å². The monoisotopic (exact) mass is 317 g/mol. The summed E-state index contributed by atoms with van der Waals surface area (Å²) < 4.78 is 43.6. The van der Waals surface area contributed by atoms with E-state index in [1.807, 2.05) is 0 Å². The van der Waals surface area contributed by atoms with E-state index in [2.05, 4.69) is 15.3 Å². The molecule has 2 rings (SSSR count). The molecule has 0 aliphatic heterocycles. The third-order valence-corrected chi connectivity index (χ3v) is 2.80. The van der Waals surface area contributed by atoms with Gasteiger partial charge in [0.1, 0.15) is 11.6 Å². The quantitative estimate of drug-likeness (QED) is 0.917. The number of alkyl halides is 3. The normalized spacial score (nSPS) is 11.3. The first-order chi connectivity index (χ1) is 9.79. The molecule has 1 heterocycles. The van der Waals surface area contributed by atoms with Gasteiger partial charge in [0, 0.05) is 18.1 Å². The molecule has 21 heavy (non-hydrogen) atoms. The fraction of sp³-hybridized carbons (Fsp3) is 0.231. The smallest absolute Gasteiger partial charge is 0.439 e. The lowest BCUT2D eigenvalue weighted by atomic mass is 10.2. The van der Waals surface area contributed by atoms with Crippen molar-refractivity contribution in [3.8, 4) is 11.6 Å². The van der Waals surface area contributed by atoms with Crippen molar-refractivity contribution < 1.29 is 17.9 Å². The number of hydrogen-bond donors (Lipinski definition) is 1. The van der Waals surface area contributed by atoms with Crippen LogP contribution in [0.1, 0.15) is 11.4 Å². The second-order valence-corrected chi connectivity index (χ2v) is 4.61. The van der Waals surface area contributed by atoms with Crippen LogP contribution in [0.3, 0.4) is 0 Å². The maximum atomic E-state index is 12.7. The van der Waals surface area contributed by atoms with Crippen molar-refractivity contribution in [3.05, 3.63) is 40.7 Å². The molecule has 0 saturated heterocycles. The van der Waals surface area contributed by atoms with Gasteiger partial charge < -0.3 is 10.1 Å². The Labute approximate surface area is 123 Å². The Morgan fingerprint density at radius 1 is 1.19 bits per heavy atom. The topological polar surface area (TPSA) is 47.0 Å². The Kier molecular flexibility index (Phi) is 4.22. The van der Waals surface area contributed by atoms with E-state index in [0.717, 1.165) is 0 Å². The van der Waals surface area contributed by atoms with Crippen LogP contribution in [0.25, 0.3) is 0 Å². The van der Waals surface area contributed by atoms with Crippen LogP contribution in [-0.4, -0.2) is 17.0 Å². The number of hydrogen-bond acceptors (Lipinski definition) is 4. The number of benzene rings is 1. The van der Waals surface area contributed by atoms with Crippen LogP contribution in [0.15, 0.2) is 24.3 Å². The third kappa shape index (κ3) is 3.75. The Morgan fingerprint density at radius 3 is 2.48 bits per heavy atom. The summed E-state index contributed by atoms with van der Waals surface area (Å²) in [5.74, 6) is -1.09. The van der Waals surface area contributed by atoms with Crippen LogP contribution in [0.4, 0.5) is 19.0 Å². The Bertz CT molecular complexity index is 662. The third-order valence-electron chi connectivity index (χ3n) is 2.56. The Hall–Kier alpha value is -2.02. The lowest BCUT2D eigenvalue weighted by Gasteiger charge is -2.12. The molecular formula is C13H11ClF3N3O. The number of anilines is 1. The molecule has 8 heteroatoms. The molecule has 1 N–H and O–H groups in total. The molecule has 0 aliphatic carbocycles. The number of ether oxygens (including phenoxy) is 1. The van der Waals surface area contributed by atoms with E-state index < -0.39 is 12.0 Å². The summed E-state index contributed by atoms with van der Waals surface area (Å²) in [4.78, 5) is 6.73. The molecule has 0 fully saturated rings. The molecule has 0 amide bonds. The average Bonchev–Trinajstić information content (AvgIpc) is 2.40. The number of halogens is 4. The van der Waals surface area contributed by atoms with Crippen LogP contribution >= 0.6 is 11.6 Å². The van der Waals surface area contributed by atoms with Crippen molar-refractivity contribution in [2.24, 2.45) is 0 Å². The van der Waals surface area contributed by atoms with Crippen LogP contribution in [-0.2, 0) is 6.18 Å². The van der Waals surface area contributed by atoms with E-state index in [0.29, 0.717) is 16.3 Å². The van der Waals surface area contributed by atoms with Gasteiger partial charge in [0.15, 0.2) is 0 Å². The van der Waals surface area contributed by atoms with E-state index in [1.165, 1.54) is 13.1 Å². The largest absolute Gasteiger partial charge is 0.451 e. The van der Waals surface area contributed by atoms with E-state index in [4.69, 9.17) is 16.3 Å². The van der Waals surface area contributed by atoms with Gasteiger partial charge in [-0.3, -0.25) is 0 Å². The number of rotatable bonds is 3. The van der Waals surface area contributed by atoms with Gasteiger partial charge in [-0.1, -0.05) is 11.6 Å². The minimum absolute atomic E-state index is 0.0129. The zero-order chi connectivity index (χ0) is 15.6. The highest BCUT2D eigenvalue weighted by molar-refractivity contribution is 6.30. The summed E-state index contributed by atoms with van der Waals surface area (Å²) in [6.07, 6.45) is -4.65. The van der Waals surface area contributed by atoms with Gasteiger partial charge in [-0.15, -0.1) is 0 Å². The summed E-state index contributed by atoms with van der Waals surface area (Å²) in [5.41, 5.74) is 0.681. The zero-order valence-electron chi connectivity index (χ0n) is 11.1. The summed E-state index contributed by atoms with van der Waals surface area (Å²) >= 11 is 5.81. The molecule has 112 valence electrons. The minimum Gasteiger partial charge on any atom is -0.439 e. The average molecular weight is 318 g/mol. The van der Waals surface area contributed by atoms with Gasteiger partial charge in [0.25, 0.3) is 0 Å². The summed E-state index contributed by atoms with van der Waals surface area (Å²) in [5, 5.41) is 3.05. The number of aromatic nitrogens is 2. The highest BCUT2D eigenvalue weighted by Crippen LogP contribution is 2.31. The first-order valence-corrected chi connectivity index (χ1v) is 6.25. The molecule has 0 spiro atoms. The second kappa shape index (κ2) is 5.77. The Balaban J connectivity index is 2.39. The molecule has 0 saturated carbocycles. The molecule has 1 aromatic heterocycles. The number of nitrogens with zero attached hydrogens (tertiary/aromatic N) is 2. The maximum absolute atomic E-state index is 12.7. The predicted octanol–water partition coefficient (Wildman–Crippen LogP) is 4.29. The van der Waals surface area contributed by atoms with Crippen LogP contribution in [0, 0.1) is 6.92 Å². The summed E-state index contributed by atoms with van der Waals surface area (Å²) in [6.45, 7) is 1.73. The predicted molar refractivity (Wildman–Crippen MR) is 72.8 cm³/mol. The van der Waals surface area contributed by atoms with Crippen molar-refractivity contribution in [2.45, 2.75) is 13.1 Å². The molecule has 0 unspecified atom stereocenters. The Morgan fingerprint density at radius 2 is 1.90 bits per heavy atom. The summed E-state index contributed by atoms with van der Waals surface area (Å²) in [7, 11) is 1.46. The molecular weight excluding hydrogens is 307 g/mol. The van der Waals surface area contributed by atoms with Crippen LogP contribution in [0.5, 0.6) is 11.6 Å². The molecule has 0 atom stereocenters. The van der Waals surface area contributed by atoms with Gasteiger partial charge >= 0.3 is 6.18 Å². The summed E-state index contributed by atoms with van der Waals surface area (Å²) in [6, 6.07) is 6.06. The zero-order valence-corrected chi connectivity index (χ0v) is 11.9. The maximum Gasteiger partial charge on any atom is 0.451 e. The van der Waals surface area contributed by atoms with Crippen molar-refractivity contribution in [3.63, 3.8) is 0 Å². The standard InChI is InChI=1S/C13H11ClF3N3O/c1-7-5-8(14)3-4-9(7)21-11-6-10(18-2)19-12(20-11)13(15,16)17/h3-6H,1-2H3,(H,18,19,20). The van der Waals surface area contributed by atoms with Crippen molar-refractivity contribution in [2.75, 3.05) is 12.4 Å². The lowest BCUT2D eigenvalue weighted by Crippen LogP contribution is -2.13. The highest BCUT2D eigenvalue weighted by Gasteiger charge is 2.35. The van der Waals surface area contributed by atoms with Crippen molar-refractivity contribution >= 4 is 17.4 Å². The lowest BCUT2D eigenvalue weighted by molar-refractivity contribution is -0.145. The van der Waals surface area contributed by atoms with E-state index in [9.17, 15) is 13.2 Å². The van der Waals surface area contributed by atoms with Gasteiger partial charge in [0.2, 0.25) is 11.7 Å². The first kappa shape index (κ1) is 15.4. The number of nitrogens with one attached hydrogen (secondary N) is 1. The van der Waals surface area contributed by atoms with Crippen LogP contribution < -0.4 is 10.1 Å². The van der Waals surface area contributed by atoms with Gasteiger partial charge in [-0.05, 0) is 30.7 Å². The second-order valence-electron chi connectivity index (χ2n) is 4.17. The van der Waals surface area contributed by atoms with Crippen molar-refractivity contribution in [1.82, 2.24) is 9.97 Å².